The molecular weight excluding hydrogens is 430 g/mol. The third kappa shape index (κ3) is 4.60. The van der Waals surface area contributed by atoms with E-state index in [1.54, 1.807) is 17.1 Å². The van der Waals surface area contributed by atoms with Crippen molar-refractivity contribution in [3.8, 4) is 11.3 Å². The Morgan fingerprint density at radius 3 is 2.44 bits per heavy atom. The monoisotopic (exact) mass is 463 g/mol. The average Bonchev–Trinajstić information content (AvgIpc) is 3.39. The summed E-state index contributed by atoms with van der Waals surface area (Å²) in [5, 5.41) is 14.6. The number of aromatic amines is 1. The fourth-order valence-electron chi connectivity index (χ4n) is 5.09. The van der Waals surface area contributed by atoms with Crippen LogP contribution in [0.2, 0.25) is 0 Å². The molecule has 3 heterocycles. The molecule has 2 amide bonds. The molecule has 9 nitrogen and oxygen atoms in total. The maximum atomic E-state index is 13.6. The number of rotatable bonds is 7. The zero-order chi connectivity index (χ0) is 24.4. The van der Waals surface area contributed by atoms with Crippen LogP contribution in [0.3, 0.4) is 0 Å². The third-order valence-electron chi connectivity index (χ3n) is 6.70. The third-order valence-corrected chi connectivity index (χ3v) is 6.70. The summed E-state index contributed by atoms with van der Waals surface area (Å²) in [7, 11) is 0. The summed E-state index contributed by atoms with van der Waals surface area (Å²) in [6, 6.07) is 3.68. The summed E-state index contributed by atoms with van der Waals surface area (Å²) in [4.78, 5) is 30.6. The van der Waals surface area contributed by atoms with Crippen molar-refractivity contribution >= 4 is 17.5 Å². The summed E-state index contributed by atoms with van der Waals surface area (Å²) in [5.41, 5.74) is 10.9. The zero-order valence-electron chi connectivity index (χ0n) is 20.3. The summed E-state index contributed by atoms with van der Waals surface area (Å²) >= 11 is 0. The summed E-state index contributed by atoms with van der Waals surface area (Å²) < 4.78 is 1.62. The van der Waals surface area contributed by atoms with E-state index in [9.17, 15) is 9.59 Å². The van der Waals surface area contributed by atoms with E-state index in [2.05, 4.69) is 25.6 Å². The van der Waals surface area contributed by atoms with Crippen LogP contribution >= 0.6 is 0 Å². The quantitative estimate of drug-likeness (QED) is 0.481. The van der Waals surface area contributed by atoms with Gasteiger partial charge in [-0.3, -0.25) is 24.4 Å². The molecule has 1 aliphatic carbocycles. The van der Waals surface area contributed by atoms with Crippen LogP contribution in [0.25, 0.3) is 11.3 Å². The van der Waals surface area contributed by atoms with Crippen molar-refractivity contribution < 1.29 is 9.59 Å². The van der Waals surface area contributed by atoms with Crippen LogP contribution in [-0.2, 0) is 4.79 Å². The fourth-order valence-corrected chi connectivity index (χ4v) is 5.09. The maximum absolute atomic E-state index is 13.6. The number of carbonyl (C=O) groups excluding carboxylic acids is 2. The van der Waals surface area contributed by atoms with Crippen LogP contribution in [0.4, 0.5) is 5.69 Å². The van der Waals surface area contributed by atoms with Crippen molar-refractivity contribution in [3.05, 3.63) is 47.2 Å². The van der Waals surface area contributed by atoms with Gasteiger partial charge in [0.05, 0.1) is 35.4 Å². The Balaban J connectivity index is 1.64. The number of pyridine rings is 1. The number of primary amides is 1. The molecule has 3 aromatic heterocycles. The number of nitrogens with one attached hydrogen (secondary N) is 2. The van der Waals surface area contributed by atoms with Crippen molar-refractivity contribution in [2.75, 3.05) is 5.32 Å². The van der Waals surface area contributed by atoms with Gasteiger partial charge in [0.2, 0.25) is 5.91 Å². The molecule has 3 aromatic rings. The highest BCUT2D eigenvalue weighted by Gasteiger charge is 2.36. The highest BCUT2D eigenvalue weighted by Crippen LogP contribution is 2.38. The maximum Gasteiger partial charge on any atom is 0.267 e. The van der Waals surface area contributed by atoms with Crippen LogP contribution in [0.15, 0.2) is 24.5 Å². The number of anilines is 1. The Hall–Kier alpha value is -3.49. The van der Waals surface area contributed by atoms with Crippen LogP contribution < -0.4 is 11.1 Å². The molecule has 1 aliphatic rings. The van der Waals surface area contributed by atoms with Crippen LogP contribution in [0.1, 0.15) is 85.4 Å². The van der Waals surface area contributed by atoms with Gasteiger partial charge in [0.1, 0.15) is 5.69 Å². The first-order valence-corrected chi connectivity index (χ1v) is 11.9. The first-order valence-electron chi connectivity index (χ1n) is 11.9. The Kier molecular flexibility index (Phi) is 6.81. The van der Waals surface area contributed by atoms with Gasteiger partial charge in [-0.2, -0.15) is 10.2 Å². The summed E-state index contributed by atoms with van der Waals surface area (Å²) in [6.45, 7) is 7.76. The van der Waals surface area contributed by atoms with Crippen LogP contribution in [0, 0.1) is 19.8 Å². The second-order valence-electron chi connectivity index (χ2n) is 9.46. The minimum absolute atomic E-state index is 0.0436. The Morgan fingerprint density at radius 1 is 1.15 bits per heavy atom. The number of amides is 2. The molecule has 0 aliphatic heterocycles. The standard InChI is InChI=1S/C25H33N7O2/c1-14(2)32-23(24(26)33)19(13-28-32)22(17-8-6-5-7-9-17)25(34)29-18-10-11-20(27-12-18)21-15(3)30-31-16(21)4/h10-14,17,22H,5-9H2,1-4H3,(H2,26,33)(H,29,34)(H,30,31). The SMILES string of the molecule is Cc1n[nH]c(C)c1-c1ccc(NC(=O)C(c2cnn(C(C)C)c2C(N)=O)C2CCCCC2)cn1. The number of nitrogens with two attached hydrogens (primary N) is 1. The molecule has 0 saturated heterocycles. The van der Waals surface area contributed by atoms with Gasteiger partial charge in [-0.05, 0) is 58.6 Å². The van der Waals surface area contributed by atoms with Gasteiger partial charge in [0, 0.05) is 22.9 Å². The molecule has 1 unspecified atom stereocenters. The molecule has 4 rings (SSSR count). The smallest absolute Gasteiger partial charge is 0.267 e. The number of aromatic nitrogens is 5. The van der Waals surface area contributed by atoms with Gasteiger partial charge in [-0.25, -0.2) is 0 Å². The minimum Gasteiger partial charge on any atom is -0.364 e. The van der Waals surface area contributed by atoms with Crippen molar-refractivity contribution in [1.82, 2.24) is 25.0 Å². The highest BCUT2D eigenvalue weighted by atomic mass is 16.2. The molecular formula is C25H33N7O2. The molecule has 0 radical (unpaired) electrons. The lowest BCUT2D eigenvalue weighted by Crippen LogP contribution is -2.31. The van der Waals surface area contributed by atoms with Crippen molar-refractivity contribution in [1.29, 1.82) is 0 Å². The van der Waals surface area contributed by atoms with Crippen LogP contribution in [0.5, 0.6) is 0 Å². The molecule has 0 aromatic carbocycles. The highest BCUT2D eigenvalue weighted by molar-refractivity contribution is 6.00. The Morgan fingerprint density at radius 2 is 1.88 bits per heavy atom. The predicted octanol–water partition coefficient (Wildman–Crippen LogP) is 4.27. The number of carbonyl (C=O) groups is 2. The number of H-pyrrole nitrogens is 1. The molecule has 1 atom stereocenters. The van der Waals surface area contributed by atoms with Crippen molar-refractivity contribution in [2.24, 2.45) is 11.7 Å². The van der Waals surface area contributed by atoms with E-state index >= 15 is 0 Å². The van der Waals surface area contributed by atoms with Gasteiger partial charge in [-0.1, -0.05) is 19.3 Å². The number of hydrogen-bond acceptors (Lipinski definition) is 5. The van der Waals surface area contributed by atoms with E-state index in [1.165, 1.54) is 0 Å². The van der Waals surface area contributed by atoms with Gasteiger partial charge < -0.3 is 11.1 Å². The second kappa shape index (κ2) is 9.79. The predicted molar refractivity (Wildman–Crippen MR) is 130 cm³/mol. The molecule has 4 N–H and O–H groups in total. The molecule has 34 heavy (non-hydrogen) atoms. The first-order chi connectivity index (χ1) is 16.3. The van der Waals surface area contributed by atoms with Gasteiger partial charge in [-0.15, -0.1) is 0 Å². The van der Waals surface area contributed by atoms with Crippen molar-refractivity contribution in [3.63, 3.8) is 0 Å². The summed E-state index contributed by atoms with van der Waals surface area (Å²) in [6.07, 6.45) is 8.46. The number of nitrogens with zero attached hydrogens (tertiary/aromatic N) is 4. The molecule has 1 saturated carbocycles. The normalized spacial score (nSPS) is 15.4. The van der Waals surface area contributed by atoms with E-state index in [1.807, 2.05) is 39.8 Å². The fraction of sp³-hybridized carbons (Fsp3) is 0.480. The van der Waals surface area contributed by atoms with Crippen molar-refractivity contribution in [2.45, 2.75) is 71.8 Å². The van der Waals surface area contributed by atoms with E-state index in [0.29, 0.717) is 16.9 Å². The van der Waals surface area contributed by atoms with E-state index < -0.39 is 11.8 Å². The van der Waals surface area contributed by atoms with E-state index in [-0.39, 0.29) is 17.9 Å². The molecule has 1 fully saturated rings. The second-order valence-corrected chi connectivity index (χ2v) is 9.46. The molecule has 0 spiro atoms. The topological polar surface area (TPSA) is 132 Å². The molecule has 0 bridgehead atoms. The lowest BCUT2D eigenvalue weighted by atomic mass is 9.76. The largest absolute Gasteiger partial charge is 0.364 e. The lowest BCUT2D eigenvalue weighted by molar-refractivity contribution is -0.119. The average molecular weight is 464 g/mol. The number of hydrogen-bond donors (Lipinski definition) is 3. The van der Waals surface area contributed by atoms with Gasteiger partial charge >= 0.3 is 0 Å². The van der Waals surface area contributed by atoms with E-state index in [0.717, 1.165) is 54.7 Å². The zero-order valence-corrected chi connectivity index (χ0v) is 20.3. The van der Waals surface area contributed by atoms with Gasteiger partial charge in [0.15, 0.2) is 0 Å². The van der Waals surface area contributed by atoms with Crippen LogP contribution in [-0.4, -0.2) is 36.8 Å². The number of aryl methyl sites for hydroxylation is 2. The minimum atomic E-state index is -0.563. The molecule has 9 heteroatoms. The summed E-state index contributed by atoms with van der Waals surface area (Å²) in [5.74, 6) is -1.11. The first kappa shape index (κ1) is 23.7. The van der Waals surface area contributed by atoms with E-state index in [4.69, 9.17) is 5.73 Å². The molecule has 180 valence electrons. The lowest BCUT2D eigenvalue weighted by Gasteiger charge is -2.29. The Bertz CT molecular complexity index is 1150. The van der Waals surface area contributed by atoms with Gasteiger partial charge in [0.25, 0.3) is 5.91 Å². The Labute approximate surface area is 199 Å².